The number of amides is 1. The fourth-order valence-electron chi connectivity index (χ4n) is 3.77. The molecule has 172 valence electrons. The average Bonchev–Trinajstić information content (AvgIpc) is 2.80. The van der Waals surface area contributed by atoms with Crippen LogP contribution in [0.15, 0.2) is 48.7 Å². The minimum Gasteiger partial charge on any atom is -0.478 e. The lowest BCUT2D eigenvalue weighted by Crippen LogP contribution is -2.51. The van der Waals surface area contributed by atoms with Crippen molar-refractivity contribution in [2.75, 3.05) is 31.6 Å². The Balaban J connectivity index is 1.38. The smallest absolute Gasteiger partial charge is 0.240 e. The van der Waals surface area contributed by atoms with Crippen molar-refractivity contribution in [3.05, 3.63) is 54.2 Å². The van der Waals surface area contributed by atoms with Crippen molar-refractivity contribution in [1.29, 1.82) is 0 Å². The number of benzene rings is 1. The fraction of sp³-hybridized carbons (Fsp3) is 0.458. The van der Waals surface area contributed by atoms with Crippen LogP contribution in [0.5, 0.6) is 5.88 Å². The predicted molar refractivity (Wildman–Crippen MR) is 132 cm³/mol. The lowest BCUT2D eigenvalue weighted by atomic mass is 9.82. The number of rotatable bonds is 9. The third-order valence-electron chi connectivity index (χ3n) is 5.71. The molecule has 1 aliphatic rings. The summed E-state index contributed by atoms with van der Waals surface area (Å²) < 4.78 is 5.60. The van der Waals surface area contributed by atoms with Crippen molar-refractivity contribution >= 4 is 28.9 Å². The molecule has 7 nitrogen and oxygen atoms in total. The third-order valence-corrected chi connectivity index (χ3v) is 5.91. The molecule has 0 bridgehead atoms. The predicted octanol–water partition coefficient (Wildman–Crippen LogP) is 3.41. The van der Waals surface area contributed by atoms with Crippen LogP contribution in [0.4, 0.5) is 5.69 Å². The minimum absolute atomic E-state index is 0.143. The Morgan fingerprint density at radius 3 is 2.59 bits per heavy atom. The van der Waals surface area contributed by atoms with Crippen molar-refractivity contribution in [3.63, 3.8) is 0 Å². The first-order valence-electron chi connectivity index (χ1n) is 11.2. The van der Waals surface area contributed by atoms with E-state index in [4.69, 9.17) is 22.7 Å². The summed E-state index contributed by atoms with van der Waals surface area (Å²) in [7, 11) is 0. The summed E-state index contributed by atoms with van der Waals surface area (Å²) in [6, 6.07) is 13.8. The van der Waals surface area contributed by atoms with Gasteiger partial charge in [0, 0.05) is 24.7 Å². The zero-order valence-corrected chi connectivity index (χ0v) is 19.5. The van der Waals surface area contributed by atoms with Crippen LogP contribution >= 0.6 is 12.2 Å². The topological polar surface area (TPSA) is 92.5 Å². The van der Waals surface area contributed by atoms with E-state index in [-0.39, 0.29) is 23.1 Å². The largest absolute Gasteiger partial charge is 0.478 e. The molecule has 0 radical (unpaired) electrons. The maximum Gasteiger partial charge on any atom is 0.240 e. The molecule has 0 spiro atoms. The number of nitrogens with two attached hydrogens (primary N) is 1. The second-order valence-electron chi connectivity index (χ2n) is 8.24. The van der Waals surface area contributed by atoms with Crippen LogP contribution in [-0.2, 0) is 10.3 Å². The van der Waals surface area contributed by atoms with Gasteiger partial charge in [-0.1, -0.05) is 50.1 Å². The number of anilines is 1. The lowest BCUT2D eigenvalue weighted by Gasteiger charge is -2.39. The second-order valence-corrected chi connectivity index (χ2v) is 8.65. The summed E-state index contributed by atoms with van der Waals surface area (Å²) >= 11 is 5.27. The van der Waals surface area contributed by atoms with Crippen LogP contribution in [0, 0.1) is 0 Å². The molecule has 0 saturated carbocycles. The average molecular weight is 456 g/mol. The first kappa shape index (κ1) is 24.1. The van der Waals surface area contributed by atoms with Crippen molar-refractivity contribution < 1.29 is 9.53 Å². The molecule has 8 heteroatoms. The number of carbonyl (C=O) groups excluding carboxylic acids is 1. The van der Waals surface area contributed by atoms with Crippen molar-refractivity contribution in [1.82, 2.24) is 15.2 Å². The monoisotopic (exact) mass is 455 g/mol. The molecule has 32 heavy (non-hydrogen) atoms. The number of unbranched alkanes of at least 4 members (excludes halogenated alkanes) is 2. The summed E-state index contributed by atoms with van der Waals surface area (Å²) in [4.78, 5) is 18.8. The van der Waals surface area contributed by atoms with Crippen molar-refractivity contribution in [3.8, 4) is 5.88 Å². The molecule has 1 aromatic carbocycles. The van der Waals surface area contributed by atoms with Crippen LogP contribution in [0.2, 0.25) is 0 Å². The number of pyridine rings is 1. The van der Waals surface area contributed by atoms with Gasteiger partial charge in [-0.05, 0) is 43.1 Å². The number of carbonyl (C=O) groups is 1. The Kier molecular flexibility index (Phi) is 8.96. The molecule has 1 saturated heterocycles. The Morgan fingerprint density at radius 1 is 1.19 bits per heavy atom. The number of aromatic nitrogens is 1. The second kappa shape index (κ2) is 11.9. The molecule has 2 heterocycles. The zero-order valence-electron chi connectivity index (χ0n) is 18.7. The van der Waals surface area contributed by atoms with Crippen molar-refractivity contribution in [2.45, 2.75) is 44.6 Å². The van der Waals surface area contributed by atoms with E-state index in [9.17, 15) is 4.79 Å². The number of hydrogen-bond acceptors (Lipinski definition) is 6. The van der Waals surface area contributed by atoms with Gasteiger partial charge < -0.3 is 21.1 Å². The molecular weight excluding hydrogens is 422 g/mol. The highest BCUT2D eigenvalue weighted by Crippen LogP contribution is 2.29. The highest BCUT2D eigenvalue weighted by molar-refractivity contribution is 7.80. The Hall–Kier alpha value is -2.55. The molecule has 1 aromatic heterocycles. The molecule has 0 unspecified atom stereocenters. The SMILES string of the molecule is CCCCCOc1ccc(NC(=S)NC(=O)CN2CCC(N)(c3ccccc3)CC2)cn1. The van der Waals surface area contributed by atoms with Crippen LogP contribution in [0.3, 0.4) is 0 Å². The van der Waals surface area contributed by atoms with Crippen LogP contribution in [0.25, 0.3) is 0 Å². The van der Waals surface area contributed by atoms with E-state index in [2.05, 4.69) is 39.6 Å². The molecule has 1 fully saturated rings. The lowest BCUT2D eigenvalue weighted by molar-refractivity contribution is -0.121. The maximum atomic E-state index is 12.4. The van der Waals surface area contributed by atoms with Gasteiger partial charge in [0.05, 0.1) is 25.0 Å². The van der Waals surface area contributed by atoms with Crippen LogP contribution in [-0.4, -0.2) is 47.1 Å². The maximum absolute atomic E-state index is 12.4. The van der Waals surface area contributed by atoms with E-state index >= 15 is 0 Å². The third kappa shape index (κ3) is 7.25. The molecule has 1 amide bonds. The van der Waals surface area contributed by atoms with Gasteiger partial charge in [0.1, 0.15) is 0 Å². The van der Waals surface area contributed by atoms with Gasteiger partial charge in [0.25, 0.3) is 0 Å². The molecular formula is C24H33N5O2S. The molecule has 0 aliphatic carbocycles. The summed E-state index contributed by atoms with van der Waals surface area (Å²) in [6.07, 6.45) is 6.58. The van der Waals surface area contributed by atoms with Crippen LogP contribution < -0.4 is 21.1 Å². The normalized spacial score (nSPS) is 15.7. The number of piperidine rings is 1. The van der Waals surface area contributed by atoms with E-state index < -0.39 is 0 Å². The van der Waals surface area contributed by atoms with Gasteiger partial charge in [-0.3, -0.25) is 9.69 Å². The number of thiocarbonyl (C=S) groups is 1. The van der Waals surface area contributed by atoms with Gasteiger partial charge in [0.15, 0.2) is 5.11 Å². The number of hydrogen-bond donors (Lipinski definition) is 3. The Morgan fingerprint density at radius 2 is 1.94 bits per heavy atom. The molecule has 2 aromatic rings. The number of likely N-dealkylation sites (tertiary alicyclic amines) is 1. The fourth-order valence-corrected chi connectivity index (χ4v) is 4.00. The van der Waals surface area contributed by atoms with E-state index in [1.54, 1.807) is 12.3 Å². The zero-order chi connectivity index (χ0) is 22.8. The number of ether oxygens (including phenoxy) is 1. The van der Waals surface area contributed by atoms with E-state index in [1.807, 2.05) is 24.3 Å². The van der Waals surface area contributed by atoms with Gasteiger partial charge in [-0.25, -0.2) is 4.98 Å². The van der Waals surface area contributed by atoms with E-state index in [1.165, 1.54) is 0 Å². The van der Waals surface area contributed by atoms with Gasteiger partial charge >= 0.3 is 0 Å². The van der Waals surface area contributed by atoms with Gasteiger partial charge in [-0.2, -0.15) is 0 Å². The van der Waals surface area contributed by atoms with Gasteiger partial charge in [-0.15, -0.1) is 0 Å². The molecule has 4 N–H and O–H groups in total. The standard InChI is InChI=1S/C24H33N5O2S/c1-2-3-7-16-31-22-11-10-20(17-26-22)27-23(32)28-21(30)18-29-14-12-24(25,13-15-29)19-8-5-4-6-9-19/h4-6,8-11,17H,2-3,7,12-16,18,25H2,1H3,(H2,27,28,30,32). The molecule has 0 atom stereocenters. The van der Waals surface area contributed by atoms with Crippen LogP contribution in [0.1, 0.15) is 44.6 Å². The summed E-state index contributed by atoms with van der Waals surface area (Å²) in [5.74, 6) is 0.439. The summed E-state index contributed by atoms with van der Waals surface area (Å²) in [5, 5.41) is 5.98. The number of nitrogens with one attached hydrogen (secondary N) is 2. The first-order chi connectivity index (χ1) is 15.5. The van der Waals surface area contributed by atoms with E-state index in [0.29, 0.717) is 18.2 Å². The van der Waals surface area contributed by atoms with Crippen molar-refractivity contribution in [2.24, 2.45) is 5.73 Å². The highest BCUT2D eigenvalue weighted by Gasteiger charge is 2.32. The molecule has 3 rings (SSSR count). The quantitative estimate of drug-likeness (QED) is 0.394. The molecule has 1 aliphatic heterocycles. The first-order valence-corrected chi connectivity index (χ1v) is 11.7. The number of nitrogens with zero attached hydrogens (tertiary/aromatic N) is 2. The van der Waals surface area contributed by atoms with E-state index in [0.717, 1.165) is 50.8 Å². The Labute approximate surface area is 195 Å². The summed E-state index contributed by atoms with van der Waals surface area (Å²) in [6.45, 7) is 4.64. The minimum atomic E-state index is -0.329. The van der Waals surface area contributed by atoms with Gasteiger partial charge in [0.2, 0.25) is 11.8 Å². The Bertz CT molecular complexity index is 868. The highest BCUT2D eigenvalue weighted by atomic mass is 32.1. The summed E-state index contributed by atoms with van der Waals surface area (Å²) in [5.41, 5.74) is 8.14.